The number of nitrogens with zero attached hydrogens (tertiary/aromatic N) is 4. The number of rotatable bonds is 7. The third-order valence-electron chi connectivity index (χ3n) is 3.90. The van der Waals surface area contributed by atoms with Crippen LogP contribution in [0.3, 0.4) is 0 Å². The fourth-order valence-electron chi connectivity index (χ4n) is 2.52. The normalized spacial score (nSPS) is 11.2. The lowest BCUT2D eigenvalue weighted by Gasteiger charge is -2.04. The highest BCUT2D eigenvalue weighted by Gasteiger charge is 2.08. The average molecular weight is 410 g/mol. The Hall–Kier alpha value is -3.78. The van der Waals surface area contributed by atoms with E-state index in [-0.39, 0.29) is 11.6 Å². The summed E-state index contributed by atoms with van der Waals surface area (Å²) in [5.41, 5.74) is 4.27. The Morgan fingerprint density at radius 2 is 2.00 bits per heavy atom. The monoisotopic (exact) mass is 409 g/mol. The van der Waals surface area contributed by atoms with Crippen LogP contribution in [0.2, 0.25) is 5.02 Å². The molecule has 1 amide bonds. The van der Waals surface area contributed by atoms with Gasteiger partial charge in [0.25, 0.3) is 11.6 Å². The van der Waals surface area contributed by atoms with Crippen molar-refractivity contribution < 1.29 is 9.72 Å². The largest absolute Gasteiger partial charge is 0.276 e. The summed E-state index contributed by atoms with van der Waals surface area (Å²) in [7, 11) is 0. The number of nitro benzene ring substituents is 1. The molecular formula is C20H16ClN5O3. The number of allylic oxidation sites excluding steroid dienone is 1. The predicted octanol–water partition coefficient (Wildman–Crippen LogP) is 3.92. The molecule has 0 atom stereocenters. The highest BCUT2D eigenvalue weighted by molar-refractivity contribution is 6.30. The Morgan fingerprint density at radius 1 is 1.24 bits per heavy atom. The number of para-hydroxylation sites is 1. The summed E-state index contributed by atoms with van der Waals surface area (Å²) in [6.07, 6.45) is 7.69. The Morgan fingerprint density at radius 3 is 2.69 bits per heavy atom. The van der Waals surface area contributed by atoms with Gasteiger partial charge in [0, 0.05) is 24.0 Å². The van der Waals surface area contributed by atoms with Gasteiger partial charge in [-0.2, -0.15) is 10.2 Å². The van der Waals surface area contributed by atoms with E-state index in [0.29, 0.717) is 22.7 Å². The minimum atomic E-state index is -0.455. The summed E-state index contributed by atoms with van der Waals surface area (Å²) >= 11 is 5.84. The fourth-order valence-corrected chi connectivity index (χ4v) is 2.67. The van der Waals surface area contributed by atoms with Crippen LogP contribution in [0.4, 0.5) is 5.69 Å². The third kappa shape index (κ3) is 5.60. The van der Waals surface area contributed by atoms with Crippen molar-refractivity contribution in [1.29, 1.82) is 0 Å². The summed E-state index contributed by atoms with van der Waals surface area (Å²) in [6.45, 7) is 0.545. The summed E-state index contributed by atoms with van der Waals surface area (Å²) in [5, 5.41) is 19.4. The first kappa shape index (κ1) is 20.0. The van der Waals surface area contributed by atoms with Gasteiger partial charge in [-0.15, -0.1) is 0 Å². The second-order valence-electron chi connectivity index (χ2n) is 5.95. The van der Waals surface area contributed by atoms with E-state index in [4.69, 9.17) is 11.6 Å². The zero-order valence-electron chi connectivity index (χ0n) is 15.1. The molecule has 3 rings (SSSR count). The fraction of sp³-hybridized carbons (Fsp3) is 0.0500. The first-order valence-electron chi connectivity index (χ1n) is 8.53. The number of aromatic nitrogens is 2. The van der Waals surface area contributed by atoms with Crippen molar-refractivity contribution in [3.63, 3.8) is 0 Å². The van der Waals surface area contributed by atoms with Crippen molar-refractivity contribution in [3.8, 4) is 0 Å². The maximum Gasteiger partial charge on any atom is 0.276 e. The summed E-state index contributed by atoms with van der Waals surface area (Å²) < 4.78 is 1.70. The second kappa shape index (κ2) is 9.43. The number of nitro groups is 1. The highest BCUT2D eigenvalue weighted by Crippen LogP contribution is 2.18. The van der Waals surface area contributed by atoms with E-state index in [1.54, 1.807) is 53.5 Å². The second-order valence-corrected chi connectivity index (χ2v) is 6.38. The minimum Gasteiger partial charge on any atom is -0.267 e. The maximum atomic E-state index is 12.1. The van der Waals surface area contributed by atoms with E-state index >= 15 is 0 Å². The van der Waals surface area contributed by atoms with Gasteiger partial charge >= 0.3 is 0 Å². The molecule has 1 aromatic heterocycles. The molecule has 0 saturated heterocycles. The van der Waals surface area contributed by atoms with E-state index in [2.05, 4.69) is 15.6 Å². The van der Waals surface area contributed by atoms with Gasteiger partial charge in [0.2, 0.25) is 0 Å². The quantitative estimate of drug-likeness (QED) is 0.363. The van der Waals surface area contributed by atoms with Crippen LogP contribution in [0, 0.1) is 10.1 Å². The molecule has 0 saturated carbocycles. The average Bonchev–Trinajstić information content (AvgIpc) is 3.13. The molecule has 1 heterocycles. The first-order chi connectivity index (χ1) is 14.0. The van der Waals surface area contributed by atoms with Gasteiger partial charge in [-0.3, -0.25) is 19.6 Å². The van der Waals surface area contributed by atoms with Crippen molar-refractivity contribution in [2.75, 3.05) is 0 Å². The predicted molar refractivity (Wildman–Crippen MR) is 111 cm³/mol. The Labute approximate surface area is 171 Å². The number of hydrogen-bond acceptors (Lipinski definition) is 5. The van der Waals surface area contributed by atoms with Gasteiger partial charge in [-0.25, -0.2) is 5.43 Å². The third-order valence-corrected chi connectivity index (χ3v) is 4.09. The first-order valence-corrected chi connectivity index (χ1v) is 8.91. The molecule has 3 aromatic rings. The van der Waals surface area contributed by atoms with Crippen LogP contribution in [0.1, 0.15) is 21.5 Å². The standard InChI is InChI=1S/C20H16ClN5O3/c21-18-12-23-25(14-18)13-15-7-9-17(10-8-15)20(27)24-22-11-3-5-16-4-1-2-6-19(16)26(28)29/h1-12,14H,13H2,(H,24,27)/b5-3-,22-11?. The zero-order valence-corrected chi connectivity index (χ0v) is 15.9. The van der Waals surface area contributed by atoms with E-state index in [1.165, 1.54) is 18.4 Å². The molecule has 0 unspecified atom stereocenters. The van der Waals surface area contributed by atoms with Gasteiger partial charge in [0.15, 0.2) is 0 Å². The molecule has 0 spiro atoms. The molecule has 0 radical (unpaired) electrons. The van der Waals surface area contributed by atoms with Crippen LogP contribution in [0.25, 0.3) is 6.08 Å². The molecular weight excluding hydrogens is 394 g/mol. The lowest BCUT2D eigenvalue weighted by Crippen LogP contribution is -2.17. The van der Waals surface area contributed by atoms with Crippen LogP contribution in [0.15, 0.2) is 72.1 Å². The molecule has 0 bridgehead atoms. The molecule has 1 N–H and O–H groups in total. The Bertz CT molecular complexity index is 1070. The number of hydrazone groups is 1. The SMILES string of the molecule is O=C(NN=C/C=C\c1ccccc1[N+](=O)[O-])c1ccc(Cn2cc(Cl)cn2)cc1. The van der Waals surface area contributed by atoms with Crippen LogP contribution in [-0.2, 0) is 6.54 Å². The number of hydrogen-bond donors (Lipinski definition) is 1. The minimum absolute atomic E-state index is 0.00124. The van der Waals surface area contributed by atoms with Gasteiger partial charge in [0.1, 0.15) is 0 Å². The summed E-state index contributed by atoms with van der Waals surface area (Å²) in [4.78, 5) is 22.6. The van der Waals surface area contributed by atoms with Crippen molar-refractivity contribution in [2.24, 2.45) is 5.10 Å². The Balaban J connectivity index is 1.54. The topological polar surface area (TPSA) is 102 Å². The molecule has 8 nitrogen and oxygen atoms in total. The van der Waals surface area contributed by atoms with Crippen LogP contribution in [0.5, 0.6) is 0 Å². The zero-order chi connectivity index (χ0) is 20.6. The molecule has 0 aliphatic rings. The Kier molecular flexibility index (Phi) is 6.49. The molecule has 29 heavy (non-hydrogen) atoms. The van der Waals surface area contributed by atoms with Gasteiger partial charge in [-0.05, 0) is 35.9 Å². The van der Waals surface area contributed by atoms with Gasteiger partial charge in [0.05, 0.1) is 28.3 Å². The smallest absolute Gasteiger partial charge is 0.267 e. The maximum absolute atomic E-state index is 12.1. The summed E-state index contributed by atoms with van der Waals surface area (Å²) in [5.74, 6) is -0.367. The van der Waals surface area contributed by atoms with Crippen LogP contribution < -0.4 is 5.43 Å². The van der Waals surface area contributed by atoms with E-state index < -0.39 is 4.92 Å². The van der Waals surface area contributed by atoms with Crippen molar-refractivity contribution in [1.82, 2.24) is 15.2 Å². The van der Waals surface area contributed by atoms with Crippen LogP contribution >= 0.6 is 11.6 Å². The molecule has 9 heteroatoms. The van der Waals surface area contributed by atoms with Gasteiger partial charge in [-0.1, -0.05) is 35.9 Å². The summed E-state index contributed by atoms with van der Waals surface area (Å²) in [6, 6.07) is 13.4. The number of benzene rings is 2. The van der Waals surface area contributed by atoms with Crippen molar-refractivity contribution >= 4 is 35.5 Å². The molecule has 2 aromatic carbocycles. The molecule has 0 aliphatic heterocycles. The highest BCUT2D eigenvalue weighted by atomic mass is 35.5. The molecule has 0 fully saturated rings. The molecule has 0 aliphatic carbocycles. The van der Waals surface area contributed by atoms with Crippen molar-refractivity contribution in [3.05, 3.63) is 98.8 Å². The van der Waals surface area contributed by atoms with E-state index in [1.807, 2.05) is 12.1 Å². The number of halogens is 1. The van der Waals surface area contributed by atoms with Crippen LogP contribution in [-0.4, -0.2) is 26.8 Å². The number of carbonyl (C=O) groups excluding carboxylic acids is 1. The lowest BCUT2D eigenvalue weighted by molar-refractivity contribution is -0.385. The van der Waals surface area contributed by atoms with E-state index in [0.717, 1.165) is 5.56 Å². The molecule has 146 valence electrons. The number of amides is 1. The van der Waals surface area contributed by atoms with Crippen molar-refractivity contribution in [2.45, 2.75) is 6.54 Å². The number of nitrogens with one attached hydrogen (secondary N) is 1. The van der Waals surface area contributed by atoms with Gasteiger partial charge < -0.3 is 0 Å². The lowest BCUT2D eigenvalue weighted by atomic mass is 10.1. The van der Waals surface area contributed by atoms with E-state index in [9.17, 15) is 14.9 Å². The number of carbonyl (C=O) groups is 1.